The number of hydrogen-bond donors (Lipinski definition) is 2. The highest BCUT2D eigenvalue weighted by atomic mass is 32.1. The molecule has 0 spiro atoms. The average molecular weight is 386 g/mol. The Morgan fingerprint density at radius 1 is 1.21 bits per heavy atom. The standard InChI is InChI=1S/C22H18N4OS/c1-13-6-7-19-17(8-13)15(12-28-19)11-24-22-23-10-14-9-20(27)25-18-5-3-2-4-16(18)21(14)26-22/h2-8,10,12H,9,11H2,1H3,(H,25,27)(H,23,24,26). The summed E-state index contributed by atoms with van der Waals surface area (Å²) in [6, 6.07) is 14.3. The summed E-state index contributed by atoms with van der Waals surface area (Å²) in [6.07, 6.45) is 2.03. The fraction of sp³-hybridized carbons (Fsp3) is 0.136. The van der Waals surface area contributed by atoms with E-state index in [2.05, 4.69) is 46.1 Å². The van der Waals surface area contributed by atoms with Crippen LogP contribution in [0, 0.1) is 6.92 Å². The van der Waals surface area contributed by atoms with E-state index in [1.165, 1.54) is 21.2 Å². The number of fused-ring (bicyclic) bond motifs is 4. The van der Waals surface area contributed by atoms with Gasteiger partial charge in [0.15, 0.2) is 0 Å². The third kappa shape index (κ3) is 3.01. The number of rotatable bonds is 3. The highest BCUT2D eigenvalue weighted by Crippen LogP contribution is 2.33. The number of amides is 1. The van der Waals surface area contributed by atoms with Gasteiger partial charge < -0.3 is 10.6 Å². The maximum Gasteiger partial charge on any atom is 0.228 e. The first-order valence-electron chi connectivity index (χ1n) is 9.13. The summed E-state index contributed by atoms with van der Waals surface area (Å²) in [5.74, 6) is 0.519. The van der Waals surface area contributed by atoms with Crippen LogP contribution in [0.3, 0.4) is 0 Å². The van der Waals surface area contributed by atoms with Crippen LogP contribution in [-0.4, -0.2) is 15.9 Å². The molecule has 2 aromatic heterocycles. The second kappa shape index (κ2) is 6.73. The number of anilines is 2. The minimum absolute atomic E-state index is 0.0457. The lowest BCUT2D eigenvalue weighted by Gasteiger charge is -2.10. The predicted octanol–water partition coefficient (Wildman–Crippen LogP) is 4.77. The number of nitrogens with zero attached hydrogens (tertiary/aromatic N) is 2. The Bertz CT molecular complexity index is 1210. The number of benzene rings is 2. The van der Waals surface area contributed by atoms with Crippen LogP contribution in [0.4, 0.5) is 11.6 Å². The normalized spacial score (nSPS) is 12.8. The molecule has 0 saturated heterocycles. The quantitative estimate of drug-likeness (QED) is 0.532. The molecule has 0 atom stereocenters. The molecule has 1 amide bonds. The molecule has 138 valence electrons. The molecule has 1 aliphatic rings. The number of aromatic nitrogens is 2. The summed E-state index contributed by atoms with van der Waals surface area (Å²) in [5.41, 5.74) is 5.84. The van der Waals surface area contributed by atoms with Crippen molar-refractivity contribution in [1.82, 2.24) is 9.97 Å². The smallest absolute Gasteiger partial charge is 0.228 e. The van der Waals surface area contributed by atoms with Gasteiger partial charge in [-0.15, -0.1) is 11.3 Å². The first kappa shape index (κ1) is 16.9. The van der Waals surface area contributed by atoms with Gasteiger partial charge in [-0.25, -0.2) is 9.97 Å². The van der Waals surface area contributed by atoms with Crippen molar-refractivity contribution >= 4 is 39.0 Å². The van der Waals surface area contributed by atoms with Crippen LogP contribution in [0.25, 0.3) is 21.3 Å². The van der Waals surface area contributed by atoms with Gasteiger partial charge >= 0.3 is 0 Å². The van der Waals surface area contributed by atoms with E-state index in [4.69, 9.17) is 4.98 Å². The maximum atomic E-state index is 12.1. The Labute approximate surface area is 166 Å². The molecule has 0 fully saturated rings. The Morgan fingerprint density at radius 3 is 3.04 bits per heavy atom. The van der Waals surface area contributed by atoms with E-state index < -0.39 is 0 Å². The molecule has 0 bridgehead atoms. The van der Waals surface area contributed by atoms with Crippen LogP contribution in [-0.2, 0) is 17.8 Å². The Balaban J connectivity index is 1.47. The zero-order valence-corrected chi connectivity index (χ0v) is 16.1. The summed E-state index contributed by atoms with van der Waals surface area (Å²) < 4.78 is 1.28. The fourth-order valence-corrected chi connectivity index (χ4v) is 4.47. The molecule has 2 aromatic carbocycles. The van der Waals surface area contributed by atoms with Crippen LogP contribution in [0.15, 0.2) is 54.0 Å². The Hall–Kier alpha value is -3.25. The van der Waals surface area contributed by atoms with Crippen molar-refractivity contribution in [2.24, 2.45) is 0 Å². The monoisotopic (exact) mass is 386 g/mol. The minimum atomic E-state index is -0.0457. The van der Waals surface area contributed by atoms with E-state index in [-0.39, 0.29) is 12.3 Å². The number of thiophene rings is 1. The fourth-order valence-electron chi connectivity index (χ4n) is 3.53. The summed E-state index contributed by atoms with van der Waals surface area (Å²) in [7, 11) is 0. The molecular formula is C22H18N4OS. The number of hydrogen-bond acceptors (Lipinski definition) is 5. The number of para-hydroxylation sites is 1. The van der Waals surface area contributed by atoms with Crippen molar-refractivity contribution in [2.45, 2.75) is 19.9 Å². The first-order valence-corrected chi connectivity index (χ1v) is 10.0. The molecule has 1 aliphatic heterocycles. The molecule has 2 N–H and O–H groups in total. The van der Waals surface area contributed by atoms with Crippen LogP contribution in [0.2, 0.25) is 0 Å². The van der Waals surface area contributed by atoms with Crippen molar-refractivity contribution in [3.05, 3.63) is 70.7 Å². The molecule has 3 heterocycles. The van der Waals surface area contributed by atoms with E-state index in [9.17, 15) is 4.79 Å². The summed E-state index contributed by atoms with van der Waals surface area (Å²) in [5, 5.41) is 9.74. The van der Waals surface area contributed by atoms with Gasteiger partial charge in [0.2, 0.25) is 11.9 Å². The van der Waals surface area contributed by atoms with E-state index in [1.807, 2.05) is 24.3 Å². The van der Waals surface area contributed by atoms with Gasteiger partial charge in [0.05, 0.1) is 17.8 Å². The van der Waals surface area contributed by atoms with E-state index in [0.29, 0.717) is 12.5 Å². The van der Waals surface area contributed by atoms with Gasteiger partial charge in [0.1, 0.15) is 0 Å². The number of nitrogens with one attached hydrogen (secondary N) is 2. The molecule has 28 heavy (non-hydrogen) atoms. The maximum absolute atomic E-state index is 12.1. The molecule has 0 radical (unpaired) electrons. The molecule has 5 rings (SSSR count). The van der Waals surface area contributed by atoms with Gasteiger partial charge in [-0.05, 0) is 35.4 Å². The summed E-state index contributed by atoms with van der Waals surface area (Å²) in [4.78, 5) is 21.3. The topological polar surface area (TPSA) is 66.9 Å². The lowest BCUT2D eigenvalue weighted by Crippen LogP contribution is -2.12. The molecular weight excluding hydrogens is 368 g/mol. The van der Waals surface area contributed by atoms with E-state index >= 15 is 0 Å². The second-order valence-electron chi connectivity index (χ2n) is 6.95. The molecule has 4 aromatic rings. The lowest BCUT2D eigenvalue weighted by molar-refractivity contribution is -0.115. The Kier molecular flexibility index (Phi) is 4.06. The van der Waals surface area contributed by atoms with E-state index in [1.54, 1.807) is 17.5 Å². The number of carbonyl (C=O) groups is 1. The van der Waals surface area contributed by atoms with Crippen molar-refractivity contribution in [1.29, 1.82) is 0 Å². The van der Waals surface area contributed by atoms with Crippen LogP contribution >= 0.6 is 11.3 Å². The van der Waals surface area contributed by atoms with Gasteiger partial charge in [0.25, 0.3) is 0 Å². The van der Waals surface area contributed by atoms with Gasteiger partial charge in [-0.2, -0.15) is 0 Å². The van der Waals surface area contributed by atoms with Crippen molar-refractivity contribution in [3.8, 4) is 11.3 Å². The molecule has 5 nitrogen and oxygen atoms in total. The van der Waals surface area contributed by atoms with Crippen molar-refractivity contribution in [2.75, 3.05) is 10.6 Å². The van der Waals surface area contributed by atoms with Crippen LogP contribution in [0.1, 0.15) is 16.7 Å². The van der Waals surface area contributed by atoms with E-state index in [0.717, 1.165) is 22.5 Å². The SMILES string of the molecule is Cc1ccc2scc(CNc3ncc4c(n3)-c3ccccc3NC(=O)C4)c2c1. The molecule has 0 unspecified atom stereocenters. The van der Waals surface area contributed by atoms with Gasteiger partial charge in [-0.3, -0.25) is 4.79 Å². The highest BCUT2D eigenvalue weighted by molar-refractivity contribution is 7.17. The molecule has 0 aliphatic carbocycles. The Morgan fingerprint density at radius 2 is 2.11 bits per heavy atom. The van der Waals surface area contributed by atoms with Crippen molar-refractivity contribution in [3.63, 3.8) is 0 Å². The van der Waals surface area contributed by atoms with Gasteiger partial charge in [0, 0.05) is 28.6 Å². The van der Waals surface area contributed by atoms with Crippen LogP contribution in [0.5, 0.6) is 0 Å². The zero-order chi connectivity index (χ0) is 19.1. The average Bonchev–Trinajstić information content (AvgIpc) is 3.03. The first-order chi connectivity index (χ1) is 13.7. The third-order valence-corrected chi connectivity index (χ3v) is 5.93. The van der Waals surface area contributed by atoms with Gasteiger partial charge in [-0.1, -0.05) is 35.9 Å². The molecule has 0 saturated carbocycles. The third-order valence-electron chi connectivity index (χ3n) is 4.92. The highest BCUT2D eigenvalue weighted by Gasteiger charge is 2.20. The summed E-state index contributed by atoms with van der Waals surface area (Å²) >= 11 is 1.75. The van der Waals surface area contributed by atoms with Crippen LogP contribution < -0.4 is 10.6 Å². The second-order valence-corrected chi connectivity index (χ2v) is 7.86. The van der Waals surface area contributed by atoms with Crippen molar-refractivity contribution < 1.29 is 4.79 Å². The molecule has 6 heteroatoms. The lowest BCUT2D eigenvalue weighted by atomic mass is 10.1. The predicted molar refractivity (Wildman–Crippen MR) is 114 cm³/mol. The number of aryl methyl sites for hydroxylation is 1. The summed E-state index contributed by atoms with van der Waals surface area (Å²) in [6.45, 7) is 2.76. The zero-order valence-electron chi connectivity index (χ0n) is 15.3. The minimum Gasteiger partial charge on any atom is -0.350 e. The largest absolute Gasteiger partial charge is 0.350 e. The number of carbonyl (C=O) groups excluding carboxylic acids is 1.